The Labute approximate surface area is 110 Å². The van der Waals surface area contributed by atoms with Crippen LogP contribution in [0.25, 0.3) is 0 Å². The summed E-state index contributed by atoms with van der Waals surface area (Å²) in [5.41, 5.74) is 0.0232. The highest BCUT2D eigenvalue weighted by Gasteiger charge is 2.64. The van der Waals surface area contributed by atoms with Gasteiger partial charge in [-0.3, -0.25) is 0 Å². The van der Waals surface area contributed by atoms with Crippen molar-refractivity contribution in [1.82, 2.24) is 0 Å². The Hall–Kier alpha value is -0.0800. The van der Waals surface area contributed by atoms with Crippen LogP contribution >= 0.6 is 0 Å². The van der Waals surface area contributed by atoms with E-state index >= 15 is 0 Å². The molecule has 0 radical (unpaired) electrons. The fraction of sp³-hybridized carbons (Fsp3) is 1.00. The molecule has 1 saturated heterocycles. The molecule has 2 heteroatoms. The van der Waals surface area contributed by atoms with Crippen LogP contribution in [0, 0.1) is 23.7 Å². The van der Waals surface area contributed by atoms with Crippen molar-refractivity contribution in [2.45, 2.75) is 70.2 Å². The number of ether oxygens (including phenoxy) is 2. The van der Waals surface area contributed by atoms with Crippen molar-refractivity contribution in [2.24, 2.45) is 23.7 Å². The molecule has 1 spiro atoms. The Morgan fingerprint density at radius 2 is 1.44 bits per heavy atom. The molecule has 0 amide bonds. The van der Waals surface area contributed by atoms with E-state index in [0.717, 1.165) is 31.3 Å². The molecule has 0 N–H and O–H groups in total. The van der Waals surface area contributed by atoms with Gasteiger partial charge in [-0.2, -0.15) is 0 Å². The van der Waals surface area contributed by atoms with E-state index in [2.05, 4.69) is 13.8 Å². The maximum absolute atomic E-state index is 6.69. The Balaban J connectivity index is 1.65. The quantitative estimate of drug-likeness (QED) is 0.743. The Bertz CT molecular complexity index is 317. The van der Waals surface area contributed by atoms with Gasteiger partial charge in [0.25, 0.3) is 0 Å². The lowest BCUT2D eigenvalue weighted by molar-refractivity contribution is -0.304. The maximum atomic E-state index is 6.69. The van der Waals surface area contributed by atoms with Crippen LogP contribution in [-0.4, -0.2) is 18.0 Å². The van der Waals surface area contributed by atoms with Crippen LogP contribution in [0.4, 0.5) is 0 Å². The summed E-state index contributed by atoms with van der Waals surface area (Å²) in [7, 11) is 0. The minimum absolute atomic E-state index is 0.0232. The van der Waals surface area contributed by atoms with E-state index in [1.165, 1.54) is 32.1 Å². The lowest BCUT2D eigenvalue weighted by Crippen LogP contribution is -2.59. The van der Waals surface area contributed by atoms with Crippen LogP contribution in [-0.2, 0) is 9.47 Å². The van der Waals surface area contributed by atoms with Crippen LogP contribution in [0.5, 0.6) is 0 Å². The molecule has 0 atom stereocenters. The van der Waals surface area contributed by atoms with Crippen LogP contribution in [0.15, 0.2) is 0 Å². The van der Waals surface area contributed by atoms with Gasteiger partial charge in [-0.25, -0.2) is 0 Å². The highest BCUT2D eigenvalue weighted by atomic mass is 16.8. The summed E-state index contributed by atoms with van der Waals surface area (Å²) >= 11 is 0. The maximum Gasteiger partial charge on any atom is 0.174 e. The molecule has 1 aliphatic heterocycles. The first kappa shape index (κ1) is 11.7. The molecule has 5 fully saturated rings. The van der Waals surface area contributed by atoms with Gasteiger partial charge in [-0.1, -0.05) is 13.8 Å². The zero-order chi connectivity index (χ0) is 12.4. The number of hydrogen-bond donors (Lipinski definition) is 0. The largest absolute Gasteiger partial charge is 0.346 e. The predicted octanol–water partition coefficient (Wildman–Crippen LogP) is 3.74. The van der Waals surface area contributed by atoms with Crippen molar-refractivity contribution < 1.29 is 9.47 Å². The summed E-state index contributed by atoms with van der Waals surface area (Å²) in [6.07, 6.45) is 9.17. The van der Waals surface area contributed by atoms with E-state index in [0.29, 0.717) is 11.8 Å². The van der Waals surface area contributed by atoms with Gasteiger partial charge in [0.1, 0.15) is 0 Å². The molecule has 5 aliphatic rings. The second kappa shape index (κ2) is 3.73. The highest BCUT2D eigenvalue weighted by Crippen LogP contribution is 2.62. The Morgan fingerprint density at radius 1 is 0.889 bits per heavy atom. The topological polar surface area (TPSA) is 18.5 Å². The summed E-state index contributed by atoms with van der Waals surface area (Å²) in [4.78, 5) is 0. The van der Waals surface area contributed by atoms with E-state index in [-0.39, 0.29) is 11.4 Å². The number of hydrogen-bond acceptors (Lipinski definition) is 2. The van der Waals surface area contributed by atoms with Crippen molar-refractivity contribution in [3.05, 3.63) is 0 Å². The Morgan fingerprint density at radius 3 is 1.89 bits per heavy atom. The van der Waals surface area contributed by atoms with E-state index < -0.39 is 0 Å². The van der Waals surface area contributed by atoms with Crippen LogP contribution < -0.4 is 0 Å². The summed E-state index contributed by atoms with van der Waals surface area (Å²) < 4.78 is 13.1. The van der Waals surface area contributed by atoms with Gasteiger partial charge in [0.15, 0.2) is 5.79 Å². The second-order valence-corrected chi connectivity index (χ2v) is 7.31. The van der Waals surface area contributed by atoms with Gasteiger partial charge in [-0.15, -0.1) is 0 Å². The molecular formula is C16H26O2. The van der Waals surface area contributed by atoms with Gasteiger partial charge in [0.05, 0.1) is 12.2 Å². The lowest BCUT2D eigenvalue weighted by Gasteiger charge is -2.58. The van der Waals surface area contributed by atoms with E-state index in [1.807, 2.05) is 0 Å². The molecule has 1 heterocycles. The SMILES string of the molecule is CCC1(CC)COC2(O1)C1CC3CC(C1)CC2C3. The minimum atomic E-state index is -0.167. The summed E-state index contributed by atoms with van der Waals surface area (Å²) in [5, 5.41) is 0. The predicted molar refractivity (Wildman–Crippen MR) is 70.1 cm³/mol. The van der Waals surface area contributed by atoms with Crippen molar-refractivity contribution in [2.75, 3.05) is 6.61 Å². The first-order valence-corrected chi connectivity index (χ1v) is 8.04. The first-order chi connectivity index (χ1) is 8.70. The van der Waals surface area contributed by atoms with Gasteiger partial charge >= 0.3 is 0 Å². The minimum Gasteiger partial charge on any atom is -0.346 e. The van der Waals surface area contributed by atoms with Crippen molar-refractivity contribution in [1.29, 1.82) is 0 Å². The van der Waals surface area contributed by atoms with Crippen molar-refractivity contribution in [3.8, 4) is 0 Å². The molecular weight excluding hydrogens is 224 g/mol. The lowest BCUT2D eigenvalue weighted by atomic mass is 9.53. The monoisotopic (exact) mass is 250 g/mol. The average molecular weight is 250 g/mol. The molecule has 5 rings (SSSR count). The fourth-order valence-corrected chi connectivity index (χ4v) is 5.48. The molecule has 4 bridgehead atoms. The Kier molecular flexibility index (Phi) is 2.43. The summed E-state index contributed by atoms with van der Waals surface area (Å²) in [6, 6.07) is 0. The van der Waals surface area contributed by atoms with E-state index in [9.17, 15) is 0 Å². The van der Waals surface area contributed by atoms with Crippen LogP contribution in [0.3, 0.4) is 0 Å². The third kappa shape index (κ3) is 1.37. The van der Waals surface area contributed by atoms with Crippen LogP contribution in [0.1, 0.15) is 58.8 Å². The van der Waals surface area contributed by atoms with Gasteiger partial charge in [0.2, 0.25) is 0 Å². The van der Waals surface area contributed by atoms with Crippen molar-refractivity contribution in [3.63, 3.8) is 0 Å². The highest BCUT2D eigenvalue weighted by molar-refractivity contribution is 5.07. The smallest absolute Gasteiger partial charge is 0.174 e. The molecule has 0 aromatic rings. The first-order valence-electron chi connectivity index (χ1n) is 8.04. The molecule has 102 valence electrons. The van der Waals surface area contributed by atoms with Gasteiger partial charge in [-0.05, 0) is 56.8 Å². The van der Waals surface area contributed by atoms with Gasteiger partial charge < -0.3 is 9.47 Å². The molecule has 4 aliphatic carbocycles. The van der Waals surface area contributed by atoms with Crippen molar-refractivity contribution >= 4 is 0 Å². The summed E-state index contributed by atoms with van der Waals surface area (Å²) in [5.74, 6) is 3.22. The molecule has 18 heavy (non-hydrogen) atoms. The van der Waals surface area contributed by atoms with Gasteiger partial charge in [0, 0.05) is 11.8 Å². The third-order valence-electron chi connectivity index (χ3n) is 6.50. The zero-order valence-corrected chi connectivity index (χ0v) is 11.8. The summed E-state index contributed by atoms with van der Waals surface area (Å²) in [6.45, 7) is 5.34. The molecule has 2 nitrogen and oxygen atoms in total. The molecule has 0 aromatic carbocycles. The molecule has 4 saturated carbocycles. The fourth-order valence-electron chi connectivity index (χ4n) is 5.48. The zero-order valence-electron chi connectivity index (χ0n) is 11.8. The standard InChI is InChI=1S/C16H26O2/c1-3-15(4-2)10-17-16(18-15)13-6-11-5-12(8-13)9-14(16)7-11/h11-14H,3-10H2,1-2H3. The number of rotatable bonds is 2. The third-order valence-corrected chi connectivity index (χ3v) is 6.50. The van der Waals surface area contributed by atoms with Crippen LogP contribution in [0.2, 0.25) is 0 Å². The van der Waals surface area contributed by atoms with E-state index in [4.69, 9.17) is 9.47 Å². The molecule has 0 aromatic heterocycles. The van der Waals surface area contributed by atoms with E-state index in [1.54, 1.807) is 0 Å². The second-order valence-electron chi connectivity index (χ2n) is 7.31. The molecule has 0 unspecified atom stereocenters. The normalized spacial score (nSPS) is 52.3. The average Bonchev–Trinajstić information content (AvgIpc) is 2.77.